The average Bonchev–Trinajstić information content (AvgIpc) is 2.58. The number of carboxylic acid groups (broad SMARTS) is 1. The number of carboxylic acids is 1. The Morgan fingerprint density at radius 3 is 2.59 bits per heavy atom. The van der Waals surface area contributed by atoms with Crippen LogP contribution in [0.1, 0.15) is 28.2 Å². The Morgan fingerprint density at radius 1 is 1.47 bits per heavy atom. The van der Waals surface area contributed by atoms with Gasteiger partial charge in [-0.1, -0.05) is 5.16 Å². The molecule has 0 radical (unpaired) electrons. The number of aryl methyl sites for hydroxylation is 2. The quantitative estimate of drug-likeness (QED) is 0.662. The van der Waals surface area contributed by atoms with E-state index >= 15 is 0 Å². The number of nitrogens with zero attached hydrogens (tertiary/aromatic N) is 1. The lowest BCUT2D eigenvalue weighted by atomic mass is 10.2. The molecule has 0 aliphatic carbocycles. The molecule has 0 unspecified atom stereocenters. The molecular weight excluding hydrogens is 228 g/mol. The van der Waals surface area contributed by atoms with Crippen molar-refractivity contribution >= 4 is 11.9 Å². The van der Waals surface area contributed by atoms with Crippen molar-refractivity contribution in [2.24, 2.45) is 0 Å². The average molecular weight is 242 g/mol. The Morgan fingerprint density at radius 2 is 2.12 bits per heavy atom. The lowest BCUT2D eigenvalue weighted by molar-refractivity contribution is -0.146. The van der Waals surface area contributed by atoms with Crippen LogP contribution in [0.2, 0.25) is 0 Å². The lowest BCUT2D eigenvalue weighted by Crippen LogP contribution is -2.30. The summed E-state index contributed by atoms with van der Waals surface area (Å²) in [5.74, 6) is -1.30. The third-order valence-electron chi connectivity index (χ3n) is 2.25. The summed E-state index contributed by atoms with van der Waals surface area (Å²) in [6.07, 6.45) is -1.52. The first-order chi connectivity index (χ1) is 7.93. The summed E-state index contributed by atoms with van der Waals surface area (Å²) in [5.41, 5.74) is 0.814. The number of hydrogen-bond acceptors (Lipinski definition) is 5. The Hall–Kier alpha value is -1.89. The fourth-order valence-corrected chi connectivity index (χ4v) is 1.34. The van der Waals surface area contributed by atoms with E-state index in [9.17, 15) is 9.59 Å². The minimum Gasteiger partial charge on any atom is -0.479 e. The number of hydrogen-bond donors (Lipinski definition) is 3. The molecule has 3 N–H and O–H groups in total. The van der Waals surface area contributed by atoms with Crippen LogP contribution < -0.4 is 5.32 Å². The number of aliphatic hydroxyl groups excluding tert-OH is 1. The second kappa shape index (κ2) is 5.44. The van der Waals surface area contributed by atoms with E-state index in [4.69, 9.17) is 14.7 Å². The zero-order valence-electron chi connectivity index (χ0n) is 9.56. The fraction of sp³-hybridized carbons (Fsp3) is 0.500. The highest BCUT2D eigenvalue weighted by Crippen LogP contribution is 2.11. The third-order valence-corrected chi connectivity index (χ3v) is 2.25. The molecule has 17 heavy (non-hydrogen) atoms. The molecule has 0 fully saturated rings. The molecule has 1 atom stereocenters. The highest BCUT2D eigenvalue weighted by molar-refractivity contribution is 5.96. The molecule has 0 aromatic carbocycles. The number of amides is 1. The van der Waals surface area contributed by atoms with E-state index in [0.717, 1.165) is 0 Å². The van der Waals surface area contributed by atoms with Crippen molar-refractivity contribution in [1.82, 2.24) is 10.5 Å². The minimum atomic E-state index is -1.47. The molecule has 7 heteroatoms. The van der Waals surface area contributed by atoms with Gasteiger partial charge in [-0.05, 0) is 13.8 Å². The predicted molar refractivity (Wildman–Crippen MR) is 56.6 cm³/mol. The maximum absolute atomic E-state index is 11.7. The van der Waals surface area contributed by atoms with Crippen LogP contribution in [0.15, 0.2) is 4.52 Å². The maximum atomic E-state index is 11.7. The molecule has 94 valence electrons. The molecule has 7 nitrogen and oxygen atoms in total. The molecule has 1 heterocycles. The van der Waals surface area contributed by atoms with Crippen LogP contribution >= 0.6 is 0 Å². The summed E-state index contributed by atoms with van der Waals surface area (Å²) in [5, 5.41) is 23.5. The topological polar surface area (TPSA) is 113 Å². The molecule has 1 amide bonds. The van der Waals surface area contributed by atoms with Gasteiger partial charge >= 0.3 is 5.97 Å². The normalized spacial score (nSPS) is 12.2. The largest absolute Gasteiger partial charge is 0.479 e. The van der Waals surface area contributed by atoms with E-state index in [1.807, 2.05) is 0 Å². The first-order valence-corrected chi connectivity index (χ1v) is 5.05. The van der Waals surface area contributed by atoms with Gasteiger partial charge in [-0.2, -0.15) is 0 Å². The Bertz CT molecular complexity index is 407. The van der Waals surface area contributed by atoms with Crippen LogP contribution in [0.3, 0.4) is 0 Å². The predicted octanol–water partition coefficient (Wildman–Crippen LogP) is -0.143. The molecule has 0 spiro atoms. The second-order valence-electron chi connectivity index (χ2n) is 3.60. The van der Waals surface area contributed by atoms with E-state index < -0.39 is 12.1 Å². The van der Waals surface area contributed by atoms with Crippen LogP contribution in [0, 0.1) is 13.8 Å². The van der Waals surface area contributed by atoms with Crippen LogP contribution in [0.5, 0.6) is 0 Å². The van der Waals surface area contributed by atoms with Crippen LogP contribution in [0.25, 0.3) is 0 Å². The van der Waals surface area contributed by atoms with Crippen molar-refractivity contribution in [2.45, 2.75) is 26.4 Å². The van der Waals surface area contributed by atoms with Gasteiger partial charge in [0.15, 0.2) is 6.10 Å². The summed E-state index contributed by atoms with van der Waals surface area (Å²) < 4.78 is 4.83. The number of aliphatic hydroxyl groups is 1. The van der Waals surface area contributed by atoms with Crippen molar-refractivity contribution < 1.29 is 24.3 Å². The van der Waals surface area contributed by atoms with Gasteiger partial charge < -0.3 is 20.1 Å². The maximum Gasteiger partial charge on any atom is 0.332 e. The van der Waals surface area contributed by atoms with E-state index in [2.05, 4.69) is 10.5 Å². The lowest BCUT2D eigenvalue weighted by Gasteiger charge is -2.06. The van der Waals surface area contributed by atoms with Gasteiger partial charge in [0.2, 0.25) is 0 Å². The Balaban J connectivity index is 2.49. The van der Waals surface area contributed by atoms with Gasteiger partial charge in [-0.25, -0.2) is 4.79 Å². The number of aliphatic carboxylic acids is 1. The SMILES string of the molecule is Cc1noc(C)c1C(=O)NCC[C@H](O)C(=O)O. The Kier molecular flexibility index (Phi) is 4.22. The number of rotatable bonds is 5. The molecule has 1 aromatic heterocycles. The number of carbonyl (C=O) groups is 2. The summed E-state index contributed by atoms with van der Waals surface area (Å²) in [7, 11) is 0. The molecule has 0 aliphatic rings. The highest BCUT2D eigenvalue weighted by Gasteiger charge is 2.18. The molecule has 1 rings (SSSR count). The first kappa shape index (κ1) is 13.2. The van der Waals surface area contributed by atoms with Gasteiger partial charge in [0, 0.05) is 13.0 Å². The summed E-state index contributed by atoms with van der Waals surface area (Å²) in [4.78, 5) is 22.0. The van der Waals surface area contributed by atoms with Gasteiger partial charge in [-0.3, -0.25) is 4.79 Å². The first-order valence-electron chi connectivity index (χ1n) is 5.05. The minimum absolute atomic E-state index is 0.0511. The monoisotopic (exact) mass is 242 g/mol. The van der Waals surface area contributed by atoms with Crippen molar-refractivity contribution in [3.05, 3.63) is 17.0 Å². The fourth-order valence-electron chi connectivity index (χ4n) is 1.34. The zero-order chi connectivity index (χ0) is 13.0. The second-order valence-corrected chi connectivity index (χ2v) is 3.60. The summed E-state index contributed by atoms with van der Waals surface area (Å²) >= 11 is 0. The van der Waals surface area contributed by atoms with Gasteiger partial charge in [0.1, 0.15) is 11.3 Å². The van der Waals surface area contributed by atoms with Crippen LogP contribution in [0.4, 0.5) is 0 Å². The van der Waals surface area contributed by atoms with Crippen molar-refractivity contribution in [2.75, 3.05) is 6.54 Å². The van der Waals surface area contributed by atoms with E-state index in [1.165, 1.54) is 0 Å². The van der Waals surface area contributed by atoms with Gasteiger partial charge in [0.25, 0.3) is 5.91 Å². The summed E-state index contributed by atoms with van der Waals surface area (Å²) in [6.45, 7) is 3.31. The standard InChI is InChI=1S/C10H14N2O5/c1-5-8(6(2)17-12-5)9(14)11-4-3-7(13)10(15)16/h7,13H,3-4H2,1-2H3,(H,11,14)(H,15,16)/t7-/m0/s1. The molecule has 0 aliphatic heterocycles. The molecular formula is C10H14N2O5. The highest BCUT2D eigenvalue weighted by atomic mass is 16.5. The summed E-state index contributed by atoms with van der Waals surface area (Å²) in [6, 6.07) is 0. The number of carbonyl (C=O) groups excluding carboxylic acids is 1. The van der Waals surface area contributed by atoms with E-state index in [0.29, 0.717) is 17.0 Å². The van der Waals surface area contributed by atoms with Gasteiger partial charge in [-0.15, -0.1) is 0 Å². The van der Waals surface area contributed by atoms with Gasteiger partial charge in [0.05, 0.1) is 5.69 Å². The van der Waals surface area contributed by atoms with Crippen LogP contribution in [-0.2, 0) is 4.79 Å². The van der Waals surface area contributed by atoms with Crippen molar-refractivity contribution in [3.63, 3.8) is 0 Å². The van der Waals surface area contributed by atoms with Crippen molar-refractivity contribution in [3.8, 4) is 0 Å². The van der Waals surface area contributed by atoms with E-state index in [1.54, 1.807) is 13.8 Å². The molecule has 1 aromatic rings. The van der Waals surface area contributed by atoms with Crippen molar-refractivity contribution in [1.29, 1.82) is 0 Å². The van der Waals surface area contributed by atoms with Crippen LogP contribution in [-0.4, -0.2) is 39.9 Å². The molecule has 0 saturated heterocycles. The molecule has 0 bridgehead atoms. The third kappa shape index (κ3) is 3.28. The Labute approximate surface area is 97.4 Å². The smallest absolute Gasteiger partial charge is 0.332 e. The zero-order valence-corrected chi connectivity index (χ0v) is 9.56. The number of aromatic nitrogens is 1. The number of nitrogens with one attached hydrogen (secondary N) is 1. The van der Waals surface area contributed by atoms with E-state index in [-0.39, 0.29) is 18.9 Å². The molecule has 0 saturated carbocycles.